The molecule has 0 aliphatic heterocycles. The average molecular weight is 138 g/mol. The van der Waals surface area contributed by atoms with Crippen LogP contribution in [0.5, 0.6) is 0 Å². The maximum atomic E-state index is 5.44. The molecule has 0 aromatic heterocycles. The molecule has 2 heteroatoms. The van der Waals surface area contributed by atoms with E-state index in [1.54, 1.807) is 0 Å². The van der Waals surface area contributed by atoms with Crippen LogP contribution in [0.1, 0.15) is 20.8 Å². The van der Waals surface area contributed by atoms with E-state index in [4.69, 9.17) is 5.73 Å². The molecule has 0 fully saturated rings. The van der Waals surface area contributed by atoms with Gasteiger partial charge < -0.3 is 5.73 Å². The third-order valence-electron chi connectivity index (χ3n) is 1.05. The normalized spacial score (nSPS) is 13.3. The number of rotatable bonds is 1. The standard InChI is InChI=1S/C5H13N.V/c1-4(2)5(3)6;/h4-5H,6H2,1-3H3;/t5-;/m0./s1. The largest absolute Gasteiger partial charge is 0.328 e. The first kappa shape index (κ1) is 10.5. The minimum atomic E-state index is 0. The molecule has 0 aromatic carbocycles. The molecule has 0 saturated carbocycles. The van der Waals surface area contributed by atoms with E-state index in [1.165, 1.54) is 0 Å². The van der Waals surface area contributed by atoms with Gasteiger partial charge in [0, 0.05) is 24.6 Å². The van der Waals surface area contributed by atoms with Crippen molar-refractivity contribution in [3.63, 3.8) is 0 Å². The van der Waals surface area contributed by atoms with Crippen LogP contribution < -0.4 is 5.73 Å². The van der Waals surface area contributed by atoms with Crippen LogP contribution in [-0.2, 0) is 18.6 Å². The molecule has 0 aliphatic rings. The van der Waals surface area contributed by atoms with Gasteiger partial charge in [-0.2, -0.15) is 0 Å². The fourth-order valence-corrected chi connectivity index (χ4v) is 0. The van der Waals surface area contributed by atoms with Gasteiger partial charge in [-0.15, -0.1) is 0 Å². The Bertz CT molecular complexity index is 29.1. The molecule has 1 atom stereocenters. The van der Waals surface area contributed by atoms with Crippen molar-refractivity contribution in [2.75, 3.05) is 0 Å². The molecule has 0 amide bonds. The predicted molar refractivity (Wildman–Crippen MR) is 28.5 cm³/mol. The first-order chi connectivity index (χ1) is 2.64. The van der Waals surface area contributed by atoms with Crippen LogP contribution in [0.15, 0.2) is 0 Å². The van der Waals surface area contributed by atoms with Gasteiger partial charge in [0.05, 0.1) is 0 Å². The SMILES string of the molecule is CC(C)[C@H](C)N.[V]. The zero-order valence-corrected chi connectivity index (χ0v) is 6.58. The van der Waals surface area contributed by atoms with Crippen molar-refractivity contribution in [1.29, 1.82) is 0 Å². The monoisotopic (exact) mass is 138 g/mol. The molecule has 0 aliphatic carbocycles. The Morgan fingerprint density at radius 1 is 1.14 bits per heavy atom. The molecule has 0 bridgehead atoms. The minimum absolute atomic E-state index is 0. The van der Waals surface area contributed by atoms with E-state index in [0.29, 0.717) is 12.0 Å². The van der Waals surface area contributed by atoms with Crippen molar-refractivity contribution in [2.45, 2.75) is 26.8 Å². The molecule has 0 heterocycles. The summed E-state index contributed by atoms with van der Waals surface area (Å²) in [6, 6.07) is 0.352. The van der Waals surface area contributed by atoms with Gasteiger partial charge in [0.1, 0.15) is 0 Å². The van der Waals surface area contributed by atoms with E-state index in [1.807, 2.05) is 6.92 Å². The zero-order valence-electron chi connectivity index (χ0n) is 5.18. The van der Waals surface area contributed by atoms with Gasteiger partial charge in [-0.1, -0.05) is 13.8 Å². The molecule has 1 radical (unpaired) electrons. The smallest absolute Gasteiger partial charge is 0.00334 e. The summed E-state index contributed by atoms with van der Waals surface area (Å²) in [4.78, 5) is 0. The van der Waals surface area contributed by atoms with Gasteiger partial charge in [-0.3, -0.25) is 0 Å². The van der Waals surface area contributed by atoms with Crippen LogP contribution in [0.3, 0.4) is 0 Å². The van der Waals surface area contributed by atoms with Crippen LogP contribution in [-0.4, -0.2) is 6.04 Å². The second-order valence-corrected chi connectivity index (χ2v) is 2.10. The molecule has 0 rings (SSSR count). The van der Waals surface area contributed by atoms with Gasteiger partial charge in [0.25, 0.3) is 0 Å². The summed E-state index contributed by atoms with van der Waals surface area (Å²) in [5.74, 6) is 0.630. The van der Waals surface area contributed by atoms with Gasteiger partial charge in [-0.25, -0.2) is 0 Å². The van der Waals surface area contributed by atoms with Crippen molar-refractivity contribution in [2.24, 2.45) is 11.7 Å². The van der Waals surface area contributed by atoms with E-state index in [0.717, 1.165) is 0 Å². The molecule has 0 saturated heterocycles. The Hall–Kier alpha value is 0.544. The van der Waals surface area contributed by atoms with Crippen molar-refractivity contribution in [1.82, 2.24) is 0 Å². The predicted octanol–water partition coefficient (Wildman–Crippen LogP) is 0.987. The third kappa shape index (κ3) is 6.54. The molecular weight excluding hydrogens is 125 g/mol. The Morgan fingerprint density at radius 3 is 1.29 bits per heavy atom. The maximum absolute atomic E-state index is 5.44. The second kappa shape index (κ2) is 4.70. The Morgan fingerprint density at radius 2 is 1.29 bits per heavy atom. The van der Waals surface area contributed by atoms with E-state index in [9.17, 15) is 0 Å². The topological polar surface area (TPSA) is 26.0 Å². The van der Waals surface area contributed by atoms with Crippen molar-refractivity contribution < 1.29 is 18.6 Å². The molecule has 0 spiro atoms. The number of hydrogen-bond donors (Lipinski definition) is 1. The van der Waals surface area contributed by atoms with Crippen LogP contribution in [0.2, 0.25) is 0 Å². The fourth-order valence-electron chi connectivity index (χ4n) is 0. The van der Waals surface area contributed by atoms with Crippen molar-refractivity contribution in [3.8, 4) is 0 Å². The van der Waals surface area contributed by atoms with Crippen molar-refractivity contribution in [3.05, 3.63) is 0 Å². The van der Waals surface area contributed by atoms with Gasteiger partial charge >= 0.3 is 0 Å². The quantitative estimate of drug-likeness (QED) is 0.574. The molecule has 43 valence electrons. The van der Waals surface area contributed by atoms with E-state index in [-0.39, 0.29) is 18.6 Å². The van der Waals surface area contributed by atoms with E-state index in [2.05, 4.69) is 13.8 Å². The first-order valence-electron chi connectivity index (χ1n) is 2.40. The summed E-state index contributed by atoms with van der Waals surface area (Å²) in [5.41, 5.74) is 5.44. The summed E-state index contributed by atoms with van der Waals surface area (Å²) in [6.45, 7) is 6.25. The minimum Gasteiger partial charge on any atom is -0.328 e. The molecule has 2 N–H and O–H groups in total. The second-order valence-electron chi connectivity index (χ2n) is 2.10. The van der Waals surface area contributed by atoms with E-state index >= 15 is 0 Å². The van der Waals surface area contributed by atoms with Crippen LogP contribution in [0.25, 0.3) is 0 Å². The Labute approximate surface area is 57.5 Å². The molecule has 0 aromatic rings. The summed E-state index contributed by atoms with van der Waals surface area (Å²) in [6.07, 6.45) is 0. The Kier molecular flexibility index (Phi) is 7.05. The van der Waals surface area contributed by atoms with E-state index < -0.39 is 0 Å². The van der Waals surface area contributed by atoms with Gasteiger partial charge in [0.15, 0.2) is 0 Å². The maximum Gasteiger partial charge on any atom is 0.00334 e. The van der Waals surface area contributed by atoms with Crippen LogP contribution in [0.4, 0.5) is 0 Å². The molecular formula is C5H13NV. The molecule has 1 nitrogen and oxygen atoms in total. The number of hydrogen-bond acceptors (Lipinski definition) is 1. The summed E-state index contributed by atoms with van der Waals surface area (Å²) in [7, 11) is 0. The summed E-state index contributed by atoms with van der Waals surface area (Å²) in [5, 5.41) is 0. The van der Waals surface area contributed by atoms with Crippen LogP contribution >= 0.6 is 0 Å². The fraction of sp³-hybridized carbons (Fsp3) is 1.00. The third-order valence-corrected chi connectivity index (χ3v) is 1.05. The Balaban J connectivity index is 0. The number of nitrogens with two attached hydrogens (primary N) is 1. The molecule has 7 heavy (non-hydrogen) atoms. The van der Waals surface area contributed by atoms with Gasteiger partial charge in [0.2, 0.25) is 0 Å². The summed E-state index contributed by atoms with van der Waals surface area (Å²) < 4.78 is 0. The molecule has 0 unspecified atom stereocenters. The van der Waals surface area contributed by atoms with Crippen LogP contribution in [0, 0.1) is 5.92 Å². The van der Waals surface area contributed by atoms with Gasteiger partial charge in [-0.05, 0) is 12.8 Å². The summed E-state index contributed by atoms with van der Waals surface area (Å²) >= 11 is 0. The zero-order chi connectivity index (χ0) is 5.15. The van der Waals surface area contributed by atoms with Crippen molar-refractivity contribution >= 4 is 0 Å². The first-order valence-corrected chi connectivity index (χ1v) is 2.40. The average Bonchev–Trinajstić information content (AvgIpc) is 1.36.